The van der Waals surface area contributed by atoms with E-state index < -0.39 is 0 Å². The highest BCUT2D eigenvalue weighted by Crippen LogP contribution is 1.98. The first-order chi connectivity index (χ1) is 3.83. The van der Waals surface area contributed by atoms with E-state index in [-0.39, 0.29) is 0 Å². The second kappa shape index (κ2) is 1.86. The van der Waals surface area contributed by atoms with Crippen molar-refractivity contribution in [3.05, 3.63) is 18.7 Å². The van der Waals surface area contributed by atoms with Crippen molar-refractivity contribution in [2.45, 2.75) is 6.42 Å². The van der Waals surface area contributed by atoms with Gasteiger partial charge in [0.05, 0.1) is 5.69 Å². The van der Waals surface area contributed by atoms with E-state index in [2.05, 4.69) is 17.1 Å². The summed E-state index contributed by atoms with van der Waals surface area (Å²) in [6.07, 6.45) is 0.688. The molecule has 0 saturated heterocycles. The molecule has 0 aromatic carbocycles. The van der Waals surface area contributed by atoms with Gasteiger partial charge in [-0.25, -0.2) is 0 Å². The summed E-state index contributed by atoms with van der Waals surface area (Å²) in [6.45, 7) is 3.63. The van der Waals surface area contributed by atoms with Gasteiger partial charge in [0.25, 0.3) is 0 Å². The van der Waals surface area contributed by atoms with Crippen LogP contribution >= 0.6 is 0 Å². The van der Waals surface area contributed by atoms with E-state index in [4.69, 9.17) is 5.73 Å². The molecular weight excluding hydrogens is 102 g/mol. The average molecular weight is 110 g/mol. The van der Waals surface area contributed by atoms with Crippen molar-refractivity contribution in [2.24, 2.45) is 0 Å². The third kappa shape index (κ3) is 0.804. The number of hydrogen-bond acceptors (Lipinski definition) is 2. The number of anilines is 1. The van der Waals surface area contributed by atoms with Gasteiger partial charge in [0.2, 0.25) is 0 Å². The summed E-state index contributed by atoms with van der Waals surface area (Å²) in [5.41, 5.74) is 6.21. The lowest BCUT2D eigenvalue weighted by Crippen LogP contribution is -1.81. The van der Waals surface area contributed by atoms with Gasteiger partial charge in [-0.1, -0.05) is 0 Å². The van der Waals surface area contributed by atoms with Crippen molar-refractivity contribution in [1.29, 1.82) is 0 Å². The molecule has 0 aliphatic heterocycles. The van der Waals surface area contributed by atoms with Gasteiger partial charge < -0.3 is 5.73 Å². The fourth-order valence-electron chi connectivity index (χ4n) is 0.508. The van der Waals surface area contributed by atoms with Crippen LogP contribution in [-0.4, -0.2) is 10.2 Å². The molecule has 1 rings (SSSR count). The molecule has 1 aromatic heterocycles. The van der Waals surface area contributed by atoms with Crippen LogP contribution in [0.4, 0.5) is 5.82 Å². The summed E-state index contributed by atoms with van der Waals surface area (Å²) in [5.74, 6) is 0.601. The van der Waals surface area contributed by atoms with Crippen molar-refractivity contribution >= 4 is 5.82 Å². The summed E-state index contributed by atoms with van der Waals surface area (Å²) in [6, 6.07) is 1.77. The van der Waals surface area contributed by atoms with E-state index in [0.29, 0.717) is 12.2 Å². The highest BCUT2D eigenvalue weighted by atomic mass is 15.1. The summed E-state index contributed by atoms with van der Waals surface area (Å²) >= 11 is 0. The minimum atomic E-state index is 0.601. The van der Waals surface area contributed by atoms with Crippen LogP contribution in [0.3, 0.4) is 0 Å². The number of aromatic amines is 1. The molecule has 1 heterocycles. The molecule has 0 unspecified atom stereocenters. The number of hydrogen-bond donors (Lipinski definition) is 2. The van der Waals surface area contributed by atoms with Gasteiger partial charge in [0, 0.05) is 6.07 Å². The zero-order chi connectivity index (χ0) is 5.98. The zero-order valence-corrected chi connectivity index (χ0v) is 4.52. The maximum Gasteiger partial charge on any atom is 0.119 e. The van der Waals surface area contributed by atoms with Crippen molar-refractivity contribution in [1.82, 2.24) is 10.2 Å². The lowest BCUT2D eigenvalue weighted by atomic mass is 10.3. The Balaban J connectivity index is 2.84. The number of H-pyrrole nitrogens is 1. The standard InChI is InChI=1S/C5H8N3/c1-2-4-3-5(6)8-7-4/h3H,1-2H2,(H3,6,7,8). The fourth-order valence-corrected chi connectivity index (χ4v) is 0.508. The molecule has 0 aliphatic carbocycles. The van der Waals surface area contributed by atoms with Crippen molar-refractivity contribution in [2.75, 3.05) is 5.73 Å². The smallest absolute Gasteiger partial charge is 0.119 e. The predicted octanol–water partition coefficient (Wildman–Crippen LogP) is 0.368. The first-order valence-electron chi connectivity index (χ1n) is 2.42. The van der Waals surface area contributed by atoms with Gasteiger partial charge in [0.15, 0.2) is 0 Å². The SMILES string of the molecule is [CH2]Cc1cc(N)[nH]n1. The second-order valence-corrected chi connectivity index (χ2v) is 1.56. The topological polar surface area (TPSA) is 54.7 Å². The Morgan fingerprint density at radius 2 is 2.62 bits per heavy atom. The quantitative estimate of drug-likeness (QED) is 0.548. The maximum atomic E-state index is 5.31. The third-order valence-corrected chi connectivity index (χ3v) is 0.907. The van der Waals surface area contributed by atoms with Gasteiger partial charge in [-0.05, 0) is 13.3 Å². The number of nitrogens with one attached hydrogen (secondary N) is 1. The lowest BCUT2D eigenvalue weighted by Gasteiger charge is -1.77. The molecule has 0 saturated carbocycles. The normalized spacial score (nSPS) is 9.62. The zero-order valence-electron chi connectivity index (χ0n) is 4.52. The summed E-state index contributed by atoms with van der Waals surface area (Å²) in [4.78, 5) is 0. The molecule has 1 aromatic rings. The van der Waals surface area contributed by atoms with Gasteiger partial charge in [-0.15, -0.1) is 0 Å². The van der Waals surface area contributed by atoms with Crippen LogP contribution in [-0.2, 0) is 6.42 Å². The summed E-state index contributed by atoms with van der Waals surface area (Å²) < 4.78 is 0. The summed E-state index contributed by atoms with van der Waals surface area (Å²) in [5, 5.41) is 6.43. The highest BCUT2D eigenvalue weighted by molar-refractivity contribution is 5.28. The number of aromatic nitrogens is 2. The molecule has 8 heavy (non-hydrogen) atoms. The number of rotatable bonds is 1. The average Bonchev–Trinajstić information content (AvgIpc) is 2.14. The first-order valence-corrected chi connectivity index (χ1v) is 2.42. The van der Waals surface area contributed by atoms with Gasteiger partial charge >= 0.3 is 0 Å². The van der Waals surface area contributed by atoms with Crippen LogP contribution in [0, 0.1) is 6.92 Å². The highest BCUT2D eigenvalue weighted by Gasteiger charge is 1.90. The Hall–Kier alpha value is -0.990. The predicted molar refractivity (Wildman–Crippen MR) is 32.1 cm³/mol. The molecule has 0 amide bonds. The maximum absolute atomic E-state index is 5.31. The van der Waals surface area contributed by atoms with Crippen molar-refractivity contribution in [3.63, 3.8) is 0 Å². The molecule has 0 spiro atoms. The van der Waals surface area contributed by atoms with E-state index in [1.165, 1.54) is 0 Å². The van der Waals surface area contributed by atoms with E-state index in [1.807, 2.05) is 0 Å². The minimum absolute atomic E-state index is 0.601. The number of nitrogen functional groups attached to an aromatic ring is 1. The van der Waals surface area contributed by atoms with Crippen LogP contribution in [0.15, 0.2) is 6.07 Å². The molecule has 3 heteroatoms. The van der Waals surface area contributed by atoms with Gasteiger partial charge in [-0.3, -0.25) is 5.10 Å². The molecule has 1 radical (unpaired) electrons. The molecule has 3 nitrogen and oxygen atoms in total. The monoisotopic (exact) mass is 110 g/mol. The third-order valence-electron chi connectivity index (χ3n) is 0.907. The van der Waals surface area contributed by atoms with Crippen LogP contribution in [0.5, 0.6) is 0 Å². The van der Waals surface area contributed by atoms with Crippen LogP contribution in [0.1, 0.15) is 5.69 Å². The lowest BCUT2D eigenvalue weighted by molar-refractivity contribution is 1.01. The Morgan fingerprint density at radius 3 is 2.88 bits per heavy atom. The molecule has 0 aliphatic rings. The van der Waals surface area contributed by atoms with Crippen molar-refractivity contribution in [3.8, 4) is 0 Å². The first kappa shape index (κ1) is 5.15. The largest absolute Gasteiger partial charge is 0.384 e. The summed E-state index contributed by atoms with van der Waals surface area (Å²) in [7, 11) is 0. The fraction of sp³-hybridized carbons (Fsp3) is 0.200. The van der Waals surface area contributed by atoms with Crippen LogP contribution < -0.4 is 5.73 Å². The molecule has 0 atom stereocenters. The molecule has 43 valence electrons. The molecule has 0 fully saturated rings. The van der Waals surface area contributed by atoms with E-state index in [9.17, 15) is 0 Å². The van der Waals surface area contributed by atoms with E-state index in [1.54, 1.807) is 6.07 Å². The van der Waals surface area contributed by atoms with E-state index in [0.717, 1.165) is 5.69 Å². The van der Waals surface area contributed by atoms with Crippen LogP contribution in [0.2, 0.25) is 0 Å². The molecular formula is C5H8N3. The molecule has 0 bridgehead atoms. The Labute approximate surface area is 47.9 Å². The number of nitrogens with zero attached hydrogens (tertiary/aromatic N) is 1. The molecule has 3 N–H and O–H groups in total. The van der Waals surface area contributed by atoms with Crippen molar-refractivity contribution < 1.29 is 0 Å². The number of nitrogens with two attached hydrogens (primary N) is 1. The minimum Gasteiger partial charge on any atom is -0.384 e. The Morgan fingerprint density at radius 1 is 1.88 bits per heavy atom. The van der Waals surface area contributed by atoms with Crippen LogP contribution in [0.25, 0.3) is 0 Å². The van der Waals surface area contributed by atoms with Gasteiger partial charge in [-0.2, -0.15) is 5.10 Å². The Bertz CT molecular complexity index is 168. The van der Waals surface area contributed by atoms with Gasteiger partial charge in [0.1, 0.15) is 5.82 Å². The van der Waals surface area contributed by atoms with E-state index >= 15 is 0 Å². The second-order valence-electron chi connectivity index (χ2n) is 1.56. The Kier molecular flexibility index (Phi) is 1.20.